The van der Waals surface area contributed by atoms with Gasteiger partial charge in [-0.2, -0.15) is 0 Å². The van der Waals surface area contributed by atoms with Gasteiger partial charge in [-0.05, 0) is 55.0 Å². The normalized spacial score (nSPS) is 15.3. The van der Waals surface area contributed by atoms with Crippen LogP contribution in [0.25, 0.3) is 0 Å². The first kappa shape index (κ1) is 24.5. The molecule has 156 valence electrons. The number of benzene rings is 2. The van der Waals surface area contributed by atoms with Crippen LogP contribution in [0.3, 0.4) is 0 Å². The molecule has 1 aliphatic heterocycles. The first-order valence-corrected chi connectivity index (χ1v) is 9.27. The van der Waals surface area contributed by atoms with E-state index in [-0.39, 0.29) is 30.3 Å². The van der Waals surface area contributed by atoms with E-state index in [4.69, 9.17) is 16.3 Å². The molecule has 28 heavy (non-hydrogen) atoms. The van der Waals surface area contributed by atoms with E-state index >= 15 is 0 Å². The molecule has 0 spiro atoms. The van der Waals surface area contributed by atoms with Gasteiger partial charge in [0, 0.05) is 43.4 Å². The lowest BCUT2D eigenvalue weighted by Gasteiger charge is -2.36. The summed E-state index contributed by atoms with van der Waals surface area (Å²) in [5.74, 6) is 0.276. The smallest absolute Gasteiger partial charge is 0.123 e. The summed E-state index contributed by atoms with van der Waals surface area (Å²) in [5.41, 5.74) is 1.20. The van der Waals surface area contributed by atoms with Crippen LogP contribution in [0, 0.1) is 5.82 Å². The van der Waals surface area contributed by atoms with Crippen molar-refractivity contribution in [1.82, 2.24) is 4.90 Å². The van der Waals surface area contributed by atoms with Gasteiger partial charge in [-0.25, -0.2) is 4.39 Å². The lowest BCUT2D eigenvalue weighted by atomic mass is 10.2. The molecular formula is C20H27Cl2FN2O3. The van der Waals surface area contributed by atoms with E-state index in [1.165, 1.54) is 17.8 Å². The molecule has 1 unspecified atom stereocenters. The maximum atomic E-state index is 12.8. The first-order chi connectivity index (χ1) is 12.6. The van der Waals surface area contributed by atoms with Crippen LogP contribution in [0.2, 0.25) is 5.02 Å². The topological polar surface area (TPSA) is 67.4 Å². The number of anilines is 1. The van der Waals surface area contributed by atoms with Crippen LogP contribution in [0.5, 0.6) is 5.75 Å². The van der Waals surface area contributed by atoms with E-state index in [0.717, 1.165) is 37.7 Å². The van der Waals surface area contributed by atoms with E-state index < -0.39 is 6.10 Å². The Morgan fingerprint density at radius 1 is 1.00 bits per heavy atom. The molecule has 1 saturated heterocycles. The first-order valence-electron chi connectivity index (χ1n) is 8.89. The summed E-state index contributed by atoms with van der Waals surface area (Å²) < 4.78 is 18.3. The molecule has 0 aromatic heterocycles. The number of aliphatic hydroxyl groups is 1. The Labute approximate surface area is 176 Å². The quantitative estimate of drug-likeness (QED) is 0.729. The second-order valence-electron chi connectivity index (χ2n) is 6.51. The standard InChI is InChI=1S/C20H24ClFN2O2.ClH.H2O/c21-16-1-5-18(6-2-16)24-13-11-23(12-14-24)10-9-19(25)15-26-20-7-3-17(22)4-8-20;;/h1-8,19,25H,9-15H2;1H;1H2. The number of rotatable bonds is 7. The van der Waals surface area contributed by atoms with Gasteiger partial charge in [0.1, 0.15) is 18.2 Å². The van der Waals surface area contributed by atoms with Crippen LogP contribution in [0.1, 0.15) is 6.42 Å². The van der Waals surface area contributed by atoms with Crippen molar-refractivity contribution < 1.29 is 19.7 Å². The lowest BCUT2D eigenvalue weighted by molar-refractivity contribution is 0.0866. The number of halogens is 3. The summed E-state index contributed by atoms with van der Waals surface area (Å²) >= 11 is 5.94. The molecule has 2 aromatic carbocycles. The summed E-state index contributed by atoms with van der Waals surface area (Å²) in [6.45, 7) is 4.91. The van der Waals surface area contributed by atoms with Crippen molar-refractivity contribution in [2.75, 3.05) is 44.2 Å². The second kappa shape index (κ2) is 12.1. The number of ether oxygens (including phenoxy) is 1. The highest BCUT2D eigenvalue weighted by Gasteiger charge is 2.18. The summed E-state index contributed by atoms with van der Waals surface area (Å²) in [7, 11) is 0. The molecule has 1 heterocycles. The Hall–Kier alpha value is -1.57. The molecule has 0 saturated carbocycles. The molecule has 5 nitrogen and oxygen atoms in total. The van der Waals surface area contributed by atoms with E-state index in [1.54, 1.807) is 12.1 Å². The van der Waals surface area contributed by atoms with Crippen LogP contribution in [-0.4, -0.2) is 60.9 Å². The number of aliphatic hydroxyl groups excluding tert-OH is 1. The van der Waals surface area contributed by atoms with Gasteiger partial charge in [0.15, 0.2) is 0 Å². The Morgan fingerprint density at radius 3 is 2.21 bits per heavy atom. The van der Waals surface area contributed by atoms with Crippen LogP contribution < -0.4 is 9.64 Å². The van der Waals surface area contributed by atoms with Crippen LogP contribution in [-0.2, 0) is 0 Å². The average Bonchev–Trinajstić information content (AvgIpc) is 2.67. The third-order valence-corrected chi connectivity index (χ3v) is 4.85. The number of hydrogen-bond acceptors (Lipinski definition) is 4. The molecule has 2 aromatic rings. The summed E-state index contributed by atoms with van der Waals surface area (Å²) in [5, 5.41) is 10.9. The fourth-order valence-electron chi connectivity index (χ4n) is 3.02. The fraction of sp³-hybridized carbons (Fsp3) is 0.400. The Balaban J connectivity index is 0.00000196. The zero-order valence-corrected chi connectivity index (χ0v) is 17.1. The minimum atomic E-state index is -0.533. The summed E-state index contributed by atoms with van der Waals surface area (Å²) in [6.07, 6.45) is 0.122. The van der Waals surface area contributed by atoms with Gasteiger partial charge >= 0.3 is 0 Å². The Kier molecular flexibility index (Phi) is 10.6. The molecular weight excluding hydrogens is 406 g/mol. The van der Waals surface area contributed by atoms with Gasteiger partial charge in [-0.1, -0.05) is 11.6 Å². The summed E-state index contributed by atoms with van der Waals surface area (Å²) in [4.78, 5) is 4.70. The van der Waals surface area contributed by atoms with Crippen LogP contribution in [0.15, 0.2) is 48.5 Å². The molecule has 3 N–H and O–H groups in total. The maximum absolute atomic E-state index is 12.8. The molecule has 8 heteroatoms. The molecule has 1 aliphatic rings. The monoisotopic (exact) mass is 432 g/mol. The molecule has 0 aliphatic carbocycles. The van der Waals surface area contributed by atoms with Crippen molar-refractivity contribution in [2.24, 2.45) is 0 Å². The van der Waals surface area contributed by atoms with Gasteiger partial charge in [-0.3, -0.25) is 4.90 Å². The molecule has 3 rings (SSSR count). The van der Waals surface area contributed by atoms with Gasteiger partial charge < -0.3 is 20.2 Å². The van der Waals surface area contributed by atoms with E-state index in [1.807, 2.05) is 12.1 Å². The van der Waals surface area contributed by atoms with E-state index in [0.29, 0.717) is 12.2 Å². The highest BCUT2D eigenvalue weighted by Crippen LogP contribution is 2.19. The van der Waals surface area contributed by atoms with Gasteiger partial charge in [0.05, 0.1) is 6.10 Å². The van der Waals surface area contributed by atoms with Crippen molar-refractivity contribution in [3.05, 3.63) is 59.4 Å². The van der Waals surface area contributed by atoms with Crippen molar-refractivity contribution in [2.45, 2.75) is 12.5 Å². The SMILES string of the molecule is Cl.O.OC(CCN1CCN(c2ccc(Cl)cc2)CC1)COc1ccc(F)cc1. The van der Waals surface area contributed by atoms with Crippen LogP contribution >= 0.6 is 24.0 Å². The van der Waals surface area contributed by atoms with Gasteiger partial charge in [-0.15, -0.1) is 12.4 Å². The number of piperazine rings is 1. The van der Waals surface area contributed by atoms with Crippen LogP contribution in [0.4, 0.5) is 10.1 Å². The van der Waals surface area contributed by atoms with Gasteiger partial charge in [0.25, 0.3) is 0 Å². The zero-order chi connectivity index (χ0) is 18.4. The van der Waals surface area contributed by atoms with Crippen molar-refractivity contribution >= 4 is 29.7 Å². The maximum Gasteiger partial charge on any atom is 0.123 e. The number of hydrogen-bond donors (Lipinski definition) is 1. The van der Waals surface area contributed by atoms with E-state index in [2.05, 4.69) is 21.9 Å². The minimum absolute atomic E-state index is 0. The predicted octanol–water partition coefficient (Wildman–Crippen LogP) is 3.03. The molecule has 1 fully saturated rings. The van der Waals surface area contributed by atoms with Gasteiger partial charge in [0.2, 0.25) is 0 Å². The second-order valence-corrected chi connectivity index (χ2v) is 6.95. The number of nitrogens with zero attached hydrogens (tertiary/aromatic N) is 2. The van der Waals surface area contributed by atoms with Crippen molar-refractivity contribution in [3.8, 4) is 5.75 Å². The summed E-state index contributed by atoms with van der Waals surface area (Å²) in [6, 6.07) is 13.8. The van der Waals surface area contributed by atoms with E-state index in [9.17, 15) is 9.50 Å². The largest absolute Gasteiger partial charge is 0.491 e. The molecule has 1 atom stereocenters. The average molecular weight is 433 g/mol. The highest BCUT2D eigenvalue weighted by atomic mass is 35.5. The van der Waals surface area contributed by atoms with Crippen molar-refractivity contribution in [1.29, 1.82) is 0 Å². The fourth-order valence-corrected chi connectivity index (χ4v) is 3.15. The highest BCUT2D eigenvalue weighted by molar-refractivity contribution is 6.30. The van der Waals surface area contributed by atoms with Crippen molar-refractivity contribution in [3.63, 3.8) is 0 Å². The third kappa shape index (κ3) is 7.45. The lowest BCUT2D eigenvalue weighted by Crippen LogP contribution is -2.47. The Bertz CT molecular complexity index is 681. The molecule has 0 bridgehead atoms. The molecule has 0 radical (unpaired) electrons. The minimum Gasteiger partial charge on any atom is -0.491 e. The zero-order valence-electron chi connectivity index (χ0n) is 15.6. The Morgan fingerprint density at radius 2 is 1.61 bits per heavy atom. The molecule has 0 amide bonds. The third-order valence-electron chi connectivity index (χ3n) is 4.60. The predicted molar refractivity (Wildman–Crippen MR) is 113 cm³/mol.